The number of carbonyl (C=O) groups is 1. The highest BCUT2D eigenvalue weighted by Gasteiger charge is 2.35. The van der Waals surface area contributed by atoms with Crippen molar-refractivity contribution in [2.45, 2.75) is 6.42 Å². The fourth-order valence-corrected chi connectivity index (χ4v) is 2.92. The van der Waals surface area contributed by atoms with Crippen LogP contribution in [0.3, 0.4) is 0 Å². The summed E-state index contributed by atoms with van der Waals surface area (Å²) in [7, 11) is 0. The molecule has 3 heterocycles. The Hall–Kier alpha value is -1.89. The molecule has 0 aliphatic carbocycles. The molecule has 2 saturated heterocycles. The summed E-state index contributed by atoms with van der Waals surface area (Å²) in [5.74, 6) is 0.549. The lowest BCUT2D eigenvalue weighted by atomic mass is 9.88. The van der Waals surface area contributed by atoms with E-state index < -0.39 is 4.92 Å². The van der Waals surface area contributed by atoms with Crippen LogP contribution in [0.5, 0.6) is 0 Å². The van der Waals surface area contributed by atoms with E-state index in [4.69, 9.17) is 4.42 Å². The van der Waals surface area contributed by atoms with E-state index >= 15 is 0 Å². The fraction of sp³-hybridized carbons (Fsp3) is 0.583. The number of rotatable bonds is 2. The summed E-state index contributed by atoms with van der Waals surface area (Å²) in [6.07, 6.45) is 0.978. The van der Waals surface area contributed by atoms with Gasteiger partial charge in [0.2, 0.25) is 0 Å². The third-order valence-electron chi connectivity index (χ3n) is 3.97. The summed E-state index contributed by atoms with van der Waals surface area (Å²) in [5.41, 5.74) is 0. The van der Waals surface area contributed by atoms with Gasteiger partial charge in [-0.25, -0.2) is 0 Å². The van der Waals surface area contributed by atoms with Gasteiger partial charge in [-0.15, -0.1) is 0 Å². The molecule has 2 fully saturated rings. The van der Waals surface area contributed by atoms with Crippen LogP contribution in [0.2, 0.25) is 0 Å². The molecule has 0 spiro atoms. The number of furan rings is 1. The van der Waals surface area contributed by atoms with Crippen LogP contribution in [0.25, 0.3) is 0 Å². The minimum atomic E-state index is -0.635. The number of fused-ring (bicyclic) bond motifs is 1. The van der Waals surface area contributed by atoms with E-state index in [1.807, 2.05) is 0 Å². The van der Waals surface area contributed by atoms with Gasteiger partial charge in [-0.05, 0) is 37.4 Å². The molecule has 3 rings (SSSR count). The van der Waals surface area contributed by atoms with Crippen molar-refractivity contribution in [3.8, 4) is 0 Å². The second kappa shape index (κ2) is 4.65. The maximum atomic E-state index is 12.2. The summed E-state index contributed by atoms with van der Waals surface area (Å²) < 4.78 is 4.97. The van der Waals surface area contributed by atoms with Crippen molar-refractivity contribution in [1.82, 2.24) is 10.2 Å². The number of nitro groups is 1. The highest BCUT2D eigenvalue weighted by molar-refractivity contribution is 5.91. The summed E-state index contributed by atoms with van der Waals surface area (Å²) >= 11 is 0. The number of carbonyl (C=O) groups excluding carboxylic acids is 1. The zero-order valence-corrected chi connectivity index (χ0v) is 10.4. The van der Waals surface area contributed by atoms with Crippen molar-refractivity contribution >= 4 is 11.8 Å². The third-order valence-corrected chi connectivity index (χ3v) is 3.97. The highest BCUT2D eigenvalue weighted by Crippen LogP contribution is 2.28. The zero-order chi connectivity index (χ0) is 13.4. The smallest absolute Gasteiger partial charge is 0.395 e. The molecule has 0 aromatic carbocycles. The second-order valence-corrected chi connectivity index (χ2v) is 5.11. The average Bonchev–Trinajstić information content (AvgIpc) is 3.06. The molecule has 2 unspecified atom stereocenters. The fourth-order valence-electron chi connectivity index (χ4n) is 2.92. The van der Waals surface area contributed by atoms with Crippen LogP contribution in [0.1, 0.15) is 17.0 Å². The standard InChI is InChI=1S/C12H15N3O4/c16-12(10-1-2-11(19-10)15(17)18)14-4-3-8-5-13-6-9(8)7-14/h1-2,8-9,13H,3-7H2. The molecule has 7 nitrogen and oxygen atoms in total. The molecule has 0 radical (unpaired) electrons. The molecular formula is C12H15N3O4. The number of nitrogens with one attached hydrogen (secondary N) is 1. The molecule has 0 bridgehead atoms. The quantitative estimate of drug-likeness (QED) is 0.633. The summed E-state index contributed by atoms with van der Waals surface area (Å²) in [5, 5.41) is 13.9. The van der Waals surface area contributed by atoms with Crippen molar-refractivity contribution in [1.29, 1.82) is 0 Å². The number of nitrogens with zero attached hydrogens (tertiary/aromatic N) is 2. The minimum absolute atomic E-state index is 0.0520. The van der Waals surface area contributed by atoms with E-state index in [0.29, 0.717) is 24.9 Å². The average molecular weight is 265 g/mol. The van der Waals surface area contributed by atoms with Crippen LogP contribution < -0.4 is 5.32 Å². The Bertz CT molecular complexity index is 513. The lowest BCUT2D eigenvalue weighted by Crippen LogP contribution is -2.43. The first-order valence-corrected chi connectivity index (χ1v) is 6.39. The van der Waals surface area contributed by atoms with Gasteiger partial charge in [0.25, 0.3) is 5.91 Å². The molecule has 0 saturated carbocycles. The van der Waals surface area contributed by atoms with Crippen molar-refractivity contribution in [2.24, 2.45) is 11.8 Å². The molecule has 2 atom stereocenters. The molecule has 7 heteroatoms. The van der Waals surface area contributed by atoms with E-state index in [1.54, 1.807) is 4.90 Å². The van der Waals surface area contributed by atoms with Crippen LogP contribution in [0.4, 0.5) is 5.88 Å². The van der Waals surface area contributed by atoms with Gasteiger partial charge in [0.1, 0.15) is 4.92 Å². The molecule has 1 amide bonds. The molecule has 1 N–H and O–H groups in total. The van der Waals surface area contributed by atoms with Gasteiger partial charge in [0.15, 0.2) is 5.76 Å². The summed E-state index contributed by atoms with van der Waals surface area (Å²) in [6, 6.07) is 2.59. The number of hydrogen-bond donors (Lipinski definition) is 1. The third kappa shape index (κ3) is 2.21. The Kier molecular flexibility index (Phi) is 2.98. The number of piperidine rings is 1. The Morgan fingerprint density at radius 2 is 2.21 bits per heavy atom. The second-order valence-electron chi connectivity index (χ2n) is 5.11. The predicted octanol–water partition coefficient (Wildman–Crippen LogP) is 0.869. The van der Waals surface area contributed by atoms with Gasteiger partial charge >= 0.3 is 5.88 Å². The summed E-state index contributed by atoms with van der Waals surface area (Å²) in [6.45, 7) is 3.35. The Labute approximate surface area is 109 Å². The van der Waals surface area contributed by atoms with Crippen LogP contribution in [0, 0.1) is 22.0 Å². The molecule has 1 aromatic heterocycles. The largest absolute Gasteiger partial charge is 0.433 e. The number of likely N-dealkylation sites (tertiary alicyclic amines) is 1. The molecular weight excluding hydrogens is 250 g/mol. The lowest BCUT2D eigenvalue weighted by Gasteiger charge is -2.33. The van der Waals surface area contributed by atoms with E-state index in [9.17, 15) is 14.9 Å². The molecule has 2 aliphatic heterocycles. The van der Waals surface area contributed by atoms with Crippen molar-refractivity contribution < 1.29 is 14.1 Å². The first kappa shape index (κ1) is 12.2. The first-order chi connectivity index (χ1) is 9.15. The zero-order valence-electron chi connectivity index (χ0n) is 10.4. The first-order valence-electron chi connectivity index (χ1n) is 6.39. The highest BCUT2D eigenvalue weighted by atomic mass is 16.6. The maximum absolute atomic E-state index is 12.2. The van der Waals surface area contributed by atoms with Gasteiger partial charge < -0.3 is 14.6 Å². The SMILES string of the molecule is O=C(c1ccc([N+](=O)[O-])o1)N1CCC2CNCC2C1. The Balaban J connectivity index is 1.71. The van der Waals surface area contributed by atoms with E-state index in [0.717, 1.165) is 19.5 Å². The Morgan fingerprint density at radius 1 is 1.42 bits per heavy atom. The van der Waals surface area contributed by atoms with Gasteiger partial charge in [-0.3, -0.25) is 14.9 Å². The van der Waals surface area contributed by atoms with Crippen molar-refractivity contribution in [3.05, 3.63) is 28.0 Å². The number of amides is 1. The van der Waals surface area contributed by atoms with E-state index in [1.165, 1.54) is 12.1 Å². The van der Waals surface area contributed by atoms with E-state index in [2.05, 4.69) is 5.32 Å². The van der Waals surface area contributed by atoms with Gasteiger partial charge in [0, 0.05) is 13.1 Å². The monoisotopic (exact) mass is 265 g/mol. The molecule has 102 valence electrons. The van der Waals surface area contributed by atoms with Gasteiger partial charge in [-0.1, -0.05) is 0 Å². The van der Waals surface area contributed by atoms with Crippen LogP contribution in [-0.2, 0) is 0 Å². The molecule has 19 heavy (non-hydrogen) atoms. The topological polar surface area (TPSA) is 88.6 Å². The summed E-state index contributed by atoms with van der Waals surface area (Å²) in [4.78, 5) is 23.9. The predicted molar refractivity (Wildman–Crippen MR) is 65.7 cm³/mol. The Morgan fingerprint density at radius 3 is 2.95 bits per heavy atom. The molecule has 1 aromatic rings. The maximum Gasteiger partial charge on any atom is 0.433 e. The van der Waals surface area contributed by atoms with Crippen LogP contribution in [-0.4, -0.2) is 41.9 Å². The molecule has 2 aliphatic rings. The van der Waals surface area contributed by atoms with Crippen LogP contribution >= 0.6 is 0 Å². The minimum Gasteiger partial charge on any atom is -0.395 e. The van der Waals surface area contributed by atoms with Crippen molar-refractivity contribution in [3.63, 3.8) is 0 Å². The van der Waals surface area contributed by atoms with Crippen molar-refractivity contribution in [2.75, 3.05) is 26.2 Å². The lowest BCUT2D eigenvalue weighted by molar-refractivity contribution is -0.402. The van der Waals surface area contributed by atoms with Crippen LogP contribution in [0.15, 0.2) is 16.5 Å². The number of hydrogen-bond acceptors (Lipinski definition) is 5. The normalized spacial score (nSPS) is 26.2. The van der Waals surface area contributed by atoms with Gasteiger partial charge in [-0.2, -0.15) is 0 Å². The van der Waals surface area contributed by atoms with E-state index in [-0.39, 0.29) is 17.6 Å². The van der Waals surface area contributed by atoms with Gasteiger partial charge in [0.05, 0.1) is 6.07 Å².